The number of piperidine rings is 1. The lowest BCUT2D eigenvalue weighted by atomic mass is 9.90. The first-order valence-corrected chi connectivity index (χ1v) is 9.47. The Kier molecular flexibility index (Phi) is 6.48. The van der Waals surface area contributed by atoms with Gasteiger partial charge in [0.05, 0.1) is 6.10 Å². The van der Waals surface area contributed by atoms with E-state index in [2.05, 4.69) is 24.4 Å². The van der Waals surface area contributed by atoms with Crippen molar-refractivity contribution in [1.29, 1.82) is 0 Å². The molecule has 134 valence electrons. The van der Waals surface area contributed by atoms with E-state index in [0.29, 0.717) is 12.6 Å². The summed E-state index contributed by atoms with van der Waals surface area (Å²) in [6, 6.07) is 18.7. The van der Waals surface area contributed by atoms with Gasteiger partial charge in [0, 0.05) is 12.1 Å². The van der Waals surface area contributed by atoms with Crippen molar-refractivity contribution in [3.63, 3.8) is 0 Å². The molecule has 2 N–H and O–H groups in total. The summed E-state index contributed by atoms with van der Waals surface area (Å²) in [4.78, 5) is 0. The van der Waals surface area contributed by atoms with Gasteiger partial charge in [-0.05, 0) is 42.5 Å². The highest BCUT2D eigenvalue weighted by Crippen LogP contribution is 2.28. The number of ether oxygens (including phenoxy) is 1. The smallest absolute Gasteiger partial charge is 0.120 e. The van der Waals surface area contributed by atoms with Crippen LogP contribution in [0.5, 0.6) is 5.75 Å². The van der Waals surface area contributed by atoms with Gasteiger partial charge < -0.3 is 15.2 Å². The van der Waals surface area contributed by atoms with Crippen molar-refractivity contribution in [1.82, 2.24) is 5.32 Å². The van der Waals surface area contributed by atoms with Crippen LogP contribution in [0.4, 0.5) is 0 Å². The van der Waals surface area contributed by atoms with Crippen molar-refractivity contribution in [2.24, 2.45) is 0 Å². The molecule has 1 unspecified atom stereocenters. The van der Waals surface area contributed by atoms with Gasteiger partial charge in [0.15, 0.2) is 0 Å². The molecule has 25 heavy (non-hydrogen) atoms. The molecular weight excluding hydrogens is 310 g/mol. The predicted octanol–water partition coefficient (Wildman–Crippen LogP) is 4.61. The molecule has 3 atom stereocenters. The van der Waals surface area contributed by atoms with Gasteiger partial charge in [-0.15, -0.1) is 0 Å². The molecule has 0 bridgehead atoms. The quantitative estimate of drug-likeness (QED) is 0.774. The first kappa shape index (κ1) is 18.0. The second-order valence-corrected chi connectivity index (χ2v) is 6.98. The van der Waals surface area contributed by atoms with Crippen molar-refractivity contribution in [3.05, 3.63) is 65.7 Å². The number of aliphatic hydroxyl groups is 1. The first-order chi connectivity index (χ1) is 12.3. The molecule has 2 aromatic carbocycles. The molecule has 3 heteroatoms. The Balaban J connectivity index is 1.62. The van der Waals surface area contributed by atoms with E-state index in [1.165, 1.54) is 25.7 Å². The van der Waals surface area contributed by atoms with Gasteiger partial charge in [0.2, 0.25) is 0 Å². The highest BCUT2D eigenvalue weighted by Gasteiger charge is 2.27. The van der Waals surface area contributed by atoms with E-state index in [0.717, 1.165) is 23.3 Å². The maximum absolute atomic E-state index is 10.8. The number of rotatable bonds is 7. The fourth-order valence-electron chi connectivity index (χ4n) is 3.64. The standard InChI is InChI=1S/C22H29NO2/c1-2-8-19-12-7-14-21(23-19)22(24)18-11-6-13-20(15-18)25-16-17-9-4-3-5-10-17/h3-6,9-11,13,15,19,21-24H,2,7-8,12,14,16H2,1H3/t19-,21+,22?/m0/s1. The highest BCUT2D eigenvalue weighted by molar-refractivity contribution is 5.31. The molecule has 0 saturated carbocycles. The van der Waals surface area contributed by atoms with Crippen LogP contribution in [0.3, 0.4) is 0 Å². The maximum Gasteiger partial charge on any atom is 0.120 e. The summed E-state index contributed by atoms with van der Waals surface area (Å²) in [7, 11) is 0. The molecule has 2 aromatic rings. The average molecular weight is 339 g/mol. The van der Waals surface area contributed by atoms with Gasteiger partial charge in [-0.25, -0.2) is 0 Å². The molecule has 1 aliphatic heterocycles. The molecule has 0 amide bonds. The van der Waals surface area contributed by atoms with Crippen molar-refractivity contribution in [2.75, 3.05) is 0 Å². The Bertz CT molecular complexity index is 641. The molecule has 1 aliphatic rings. The third kappa shape index (κ3) is 5.07. The number of hydrogen-bond donors (Lipinski definition) is 2. The Labute approximate surface area is 151 Å². The Hall–Kier alpha value is -1.84. The van der Waals surface area contributed by atoms with Crippen molar-refractivity contribution in [3.8, 4) is 5.75 Å². The molecule has 1 saturated heterocycles. The minimum absolute atomic E-state index is 0.134. The number of benzene rings is 2. The van der Waals surface area contributed by atoms with Gasteiger partial charge >= 0.3 is 0 Å². The van der Waals surface area contributed by atoms with E-state index in [-0.39, 0.29) is 6.04 Å². The van der Waals surface area contributed by atoms with E-state index in [1.807, 2.05) is 42.5 Å². The van der Waals surface area contributed by atoms with Crippen LogP contribution in [-0.4, -0.2) is 17.2 Å². The molecule has 1 heterocycles. The molecule has 1 fully saturated rings. The van der Waals surface area contributed by atoms with Crippen molar-refractivity contribution >= 4 is 0 Å². The molecule has 0 aromatic heterocycles. The van der Waals surface area contributed by atoms with E-state index in [9.17, 15) is 5.11 Å². The van der Waals surface area contributed by atoms with Crippen molar-refractivity contribution in [2.45, 2.75) is 63.8 Å². The summed E-state index contributed by atoms with van der Waals surface area (Å²) < 4.78 is 5.90. The van der Waals surface area contributed by atoms with Gasteiger partial charge in [-0.1, -0.05) is 62.2 Å². The zero-order valence-electron chi connectivity index (χ0n) is 15.0. The number of hydrogen-bond acceptors (Lipinski definition) is 3. The average Bonchev–Trinajstić information content (AvgIpc) is 2.67. The summed E-state index contributed by atoms with van der Waals surface area (Å²) in [5, 5.41) is 14.5. The Morgan fingerprint density at radius 3 is 2.76 bits per heavy atom. The maximum atomic E-state index is 10.8. The lowest BCUT2D eigenvalue weighted by Gasteiger charge is -2.34. The number of aliphatic hydroxyl groups excluding tert-OH is 1. The molecule has 3 rings (SSSR count). The van der Waals surface area contributed by atoms with Crippen LogP contribution in [0.1, 0.15) is 56.3 Å². The van der Waals surface area contributed by atoms with Crippen LogP contribution in [-0.2, 0) is 6.61 Å². The fraction of sp³-hybridized carbons (Fsp3) is 0.455. The molecule has 0 radical (unpaired) electrons. The van der Waals surface area contributed by atoms with E-state index in [4.69, 9.17) is 4.74 Å². The van der Waals surface area contributed by atoms with E-state index in [1.54, 1.807) is 0 Å². The summed E-state index contributed by atoms with van der Waals surface area (Å²) in [6.07, 6.45) is 5.31. The minimum atomic E-state index is -0.486. The summed E-state index contributed by atoms with van der Waals surface area (Å²) in [5.74, 6) is 0.807. The second kappa shape index (κ2) is 9.02. The fourth-order valence-corrected chi connectivity index (χ4v) is 3.64. The predicted molar refractivity (Wildman–Crippen MR) is 102 cm³/mol. The van der Waals surface area contributed by atoms with Crippen LogP contribution < -0.4 is 10.1 Å². The van der Waals surface area contributed by atoms with Crippen LogP contribution in [0.15, 0.2) is 54.6 Å². The van der Waals surface area contributed by atoms with E-state index < -0.39 is 6.10 Å². The van der Waals surface area contributed by atoms with Crippen LogP contribution in [0.2, 0.25) is 0 Å². The highest BCUT2D eigenvalue weighted by atomic mass is 16.5. The molecule has 0 spiro atoms. The second-order valence-electron chi connectivity index (χ2n) is 6.98. The Morgan fingerprint density at radius 2 is 1.96 bits per heavy atom. The monoisotopic (exact) mass is 339 g/mol. The van der Waals surface area contributed by atoms with Gasteiger partial charge in [0.25, 0.3) is 0 Å². The van der Waals surface area contributed by atoms with E-state index >= 15 is 0 Å². The lowest BCUT2D eigenvalue weighted by molar-refractivity contribution is 0.0995. The van der Waals surface area contributed by atoms with Gasteiger partial charge in [-0.3, -0.25) is 0 Å². The first-order valence-electron chi connectivity index (χ1n) is 9.47. The molecule has 0 aliphatic carbocycles. The van der Waals surface area contributed by atoms with Gasteiger partial charge in [-0.2, -0.15) is 0 Å². The zero-order valence-corrected chi connectivity index (χ0v) is 15.0. The van der Waals surface area contributed by atoms with Crippen LogP contribution in [0, 0.1) is 0 Å². The third-order valence-electron chi connectivity index (χ3n) is 4.98. The van der Waals surface area contributed by atoms with Crippen LogP contribution in [0.25, 0.3) is 0 Å². The number of nitrogens with one attached hydrogen (secondary N) is 1. The minimum Gasteiger partial charge on any atom is -0.489 e. The SMILES string of the molecule is CCC[C@H]1CCC[C@H](C(O)c2cccc(OCc3ccccc3)c2)N1. The summed E-state index contributed by atoms with van der Waals surface area (Å²) in [6.45, 7) is 2.76. The largest absolute Gasteiger partial charge is 0.489 e. The van der Waals surface area contributed by atoms with Gasteiger partial charge in [0.1, 0.15) is 12.4 Å². The summed E-state index contributed by atoms with van der Waals surface area (Å²) in [5.41, 5.74) is 2.07. The third-order valence-corrected chi connectivity index (χ3v) is 4.98. The normalized spacial score (nSPS) is 21.7. The summed E-state index contributed by atoms with van der Waals surface area (Å²) >= 11 is 0. The molecular formula is C22H29NO2. The topological polar surface area (TPSA) is 41.5 Å². The van der Waals surface area contributed by atoms with Crippen LogP contribution >= 0.6 is 0 Å². The Morgan fingerprint density at radius 1 is 1.12 bits per heavy atom. The lowest BCUT2D eigenvalue weighted by Crippen LogP contribution is -2.45. The zero-order chi connectivity index (χ0) is 17.5. The van der Waals surface area contributed by atoms with Crippen molar-refractivity contribution < 1.29 is 9.84 Å². The molecule has 3 nitrogen and oxygen atoms in total.